The van der Waals surface area contributed by atoms with Gasteiger partial charge in [0.1, 0.15) is 24.4 Å². The number of unbranched alkanes of at least 4 members (excludes halogenated alkanes) is 25. The highest BCUT2D eigenvalue weighted by Gasteiger charge is 2.44. The molecule has 0 aliphatic carbocycles. The van der Waals surface area contributed by atoms with Gasteiger partial charge in [0.05, 0.1) is 25.4 Å². The molecule has 0 aromatic rings. The molecule has 0 aromatic carbocycles. The zero-order valence-electron chi connectivity index (χ0n) is 36.6. The SMILES string of the molecule is CCCCC/C=C/CC/C=C/C(O)C(COC1OC(CO)C(O)C(O)C1O)NC(=O)CCCCCCCCCCCCCCC/C=C\CCCCCCCCCC. The Morgan fingerprint density at radius 3 is 1.51 bits per heavy atom. The number of aliphatic hydroxyl groups excluding tert-OH is 5. The van der Waals surface area contributed by atoms with Crippen molar-refractivity contribution in [2.24, 2.45) is 0 Å². The molecule has 0 saturated carbocycles. The van der Waals surface area contributed by atoms with Gasteiger partial charge in [-0.05, 0) is 57.8 Å². The summed E-state index contributed by atoms with van der Waals surface area (Å²) >= 11 is 0. The van der Waals surface area contributed by atoms with Gasteiger partial charge in [-0.3, -0.25) is 4.79 Å². The molecule has 9 nitrogen and oxygen atoms in total. The first-order chi connectivity index (χ1) is 27.8. The van der Waals surface area contributed by atoms with Gasteiger partial charge in [-0.25, -0.2) is 0 Å². The summed E-state index contributed by atoms with van der Waals surface area (Å²) < 4.78 is 11.2. The molecular formula is C48H89NO8. The first kappa shape index (κ1) is 53.4. The van der Waals surface area contributed by atoms with Gasteiger partial charge in [0, 0.05) is 6.42 Å². The summed E-state index contributed by atoms with van der Waals surface area (Å²) in [5.74, 6) is -0.189. The largest absolute Gasteiger partial charge is 0.394 e. The second-order valence-corrected chi connectivity index (χ2v) is 16.5. The number of ether oxygens (including phenoxy) is 2. The van der Waals surface area contributed by atoms with Crippen molar-refractivity contribution in [1.82, 2.24) is 5.32 Å². The monoisotopic (exact) mass is 808 g/mol. The lowest BCUT2D eigenvalue weighted by Gasteiger charge is -2.40. The Morgan fingerprint density at radius 2 is 1.00 bits per heavy atom. The number of carbonyl (C=O) groups is 1. The minimum absolute atomic E-state index is 0.189. The molecular weight excluding hydrogens is 719 g/mol. The van der Waals surface area contributed by atoms with Crippen molar-refractivity contribution in [3.8, 4) is 0 Å². The number of nitrogens with one attached hydrogen (secondary N) is 1. The van der Waals surface area contributed by atoms with Crippen molar-refractivity contribution < 1.29 is 39.8 Å². The molecule has 1 heterocycles. The van der Waals surface area contributed by atoms with Crippen LogP contribution in [-0.2, 0) is 14.3 Å². The topological polar surface area (TPSA) is 149 Å². The molecule has 1 aliphatic rings. The van der Waals surface area contributed by atoms with Crippen LogP contribution in [0.5, 0.6) is 0 Å². The van der Waals surface area contributed by atoms with Crippen LogP contribution in [0.25, 0.3) is 0 Å². The highest BCUT2D eigenvalue weighted by Crippen LogP contribution is 2.22. The second kappa shape index (κ2) is 38.6. The van der Waals surface area contributed by atoms with E-state index in [0.717, 1.165) is 38.5 Å². The molecule has 0 bridgehead atoms. The van der Waals surface area contributed by atoms with E-state index in [9.17, 15) is 30.3 Å². The average molecular weight is 808 g/mol. The standard InChI is InChI=1S/C48H89NO8/c1-3-5-7-9-11-13-14-15-16-17-18-19-20-21-22-23-24-25-26-27-28-30-32-34-36-38-44(52)49-41(42(51)37-35-33-31-29-12-10-8-6-4-2)40-56-48-47(55)46(54)45(53)43(39-50)57-48/h12,17-18,29,35,37,41-43,45-48,50-51,53-55H,3-11,13-16,19-28,30-34,36,38-40H2,1-2H3,(H,49,52)/b18-17-,29-12+,37-35+. The van der Waals surface area contributed by atoms with Crippen LogP contribution in [0.2, 0.25) is 0 Å². The Morgan fingerprint density at radius 1 is 0.579 bits per heavy atom. The molecule has 1 amide bonds. The van der Waals surface area contributed by atoms with E-state index in [1.807, 2.05) is 6.08 Å². The summed E-state index contributed by atoms with van der Waals surface area (Å²) in [6.07, 6.45) is 40.7. The molecule has 0 spiro atoms. The van der Waals surface area contributed by atoms with E-state index < -0.39 is 49.5 Å². The third-order valence-corrected chi connectivity index (χ3v) is 11.2. The van der Waals surface area contributed by atoms with Crippen LogP contribution < -0.4 is 5.32 Å². The number of hydrogen-bond acceptors (Lipinski definition) is 8. The van der Waals surface area contributed by atoms with E-state index in [2.05, 4.69) is 43.5 Å². The highest BCUT2D eigenvalue weighted by molar-refractivity contribution is 5.76. The molecule has 57 heavy (non-hydrogen) atoms. The fourth-order valence-corrected chi connectivity index (χ4v) is 7.34. The predicted octanol–water partition coefficient (Wildman–Crippen LogP) is 10.1. The first-order valence-corrected chi connectivity index (χ1v) is 23.7. The molecule has 9 heteroatoms. The zero-order chi connectivity index (χ0) is 41.6. The van der Waals surface area contributed by atoms with Gasteiger partial charge in [-0.2, -0.15) is 0 Å². The summed E-state index contributed by atoms with van der Waals surface area (Å²) in [7, 11) is 0. The summed E-state index contributed by atoms with van der Waals surface area (Å²) in [6, 6.07) is -0.818. The van der Waals surface area contributed by atoms with E-state index in [-0.39, 0.29) is 12.5 Å². The molecule has 7 atom stereocenters. The molecule has 7 unspecified atom stereocenters. The van der Waals surface area contributed by atoms with Gasteiger partial charge in [-0.1, -0.05) is 179 Å². The smallest absolute Gasteiger partial charge is 0.220 e. The van der Waals surface area contributed by atoms with Gasteiger partial charge in [0.15, 0.2) is 6.29 Å². The number of allylic oxidation sites excluding steroid dienone is 5. The Hall–Kier alpha value is -1.59. The highest BCUT2D eigenvalue weighted by atomic mass is 16.7. The van der Waals surface area contributed by atoms with Crippen molar-refractivity contribution in [3.05, 3.63) is 36.5 Å². The normalized spacial score (nSPS) is 21.3. The van der Waals surface area contributed by atoms with E-state index in [1.54, 1.807) is 6.08 Å². The van der Waals surface area contributed by atoms with Crippen molar-refractivity contribution in [2.45, 2.75) is 249 Å². The van der Waals surface area contributed by atoms with Gasteiger partial charge in [-0.15, -0.1) is 0 Å². The van der Waals surface area contributed by atoms with E-state index in [4.69, 9.17) is 9.47 Å². The summed E-state index contributed by atoms with van der Waals surface area (Å²) in [5.41, 5.74) is 0. The van der Waals surface area contributed by atoms with Crippen LogP contribution >= 0.6 is 0 Å². The zero-order valence-corrected chi connectivity index (χ0v) is 36.6. The van der Waals surface area contributed by atoms with Crippen molar-refractivity contribution in [3.63, 3.8) is 0 Å². The van der Waals surface area contributed by atoms with E-state index in [0.29, 0.717) is 6.42 Å². The third-order valence-electron chi connectivity index (χ3n) is 11.2. The molecule has 0 radical (unpaired) electrons. The predicted molar refractivity (Wildman–Crippen MR) is 235 cm³/mol. The lowest BCUT2D eigenvalue weighted by molar-refractivity contribution is -0.302. The van der Waals surface area contributed by atoms with Crippen LogP contribution in [-0.4, -0.2) is 87.5 Å². The van der Waals surface area contributed by atoms with Gasteiger partial charge in [0.2, 0.25) is 5.91 Å². The maximum Gasteiger partial charge on any atom is 0.220 e. The lowest BCUT2D eigenvalue weighted by atomic mass is 9.99. The molecule has 6 N–H and O–H groups in total. The Balaban J connectivity index is 2.21. The second-order valence-electron chi connectivity index (χ2n) is 16.5. The molecule has 0 aromatic heterocycles. The number of rotatable bonds is 39. The lowest BCUT2D eigenvalue weighted by Crippen LogP contribution is -2.60. The third kappa shape index (κ3) is 29.3. The number of hydrogen-bond donors (Lipinski definition) is 6. The molecule has 1 fully saturated rings. The molecule has 1 rings (SSSR count). The number of amides is 1. The number of aliphatic hydroxyl groups is 5. The van der Waals surface area contributed by atoms with Crippen molar-refractivity contribution in [2.75, 3.05) is 13.2 Å². The van der Waals surface area contributed by atoms with Crippen molar-refractivity contribution in [1.29, 1.82) is 0 Å². The minimum atomic E-state index is -1.57. The maximum atomic E-state index is 12.9. The van der Waals surface area contributed by atoms with Crippen LogP contribution in [0.15, 0.2) is 36.5 Å². The maximum absolute atomic E-state index is 12.9. The fraction of sp³-hybridized carbons (Fsp3) is 0.854. The molecule has 1 saturated heterocycles. The van der Waals surface area contributed by atoms with Gasteiger partial charge >= 0.3 is 0 Å². The first-order valence-electron chi connectivity index (χ1n) is 23.7. The minimum Gasteiger partial charge on any atom is -0.394 e. The fourth-order valence-electron chi connectivity index (χ4n) is 7.34. The van der Waals surface area contributed by atoms with E-state index >= 15 is 0 Å². The van der Waals surface area contributed by atoms with E-state index in [1.165, 1.54) is 148 Å². The molecule has 334 valence electrons. The van der Waals surface area contributed by atoms with Gasteiger partial charge in [0.25, 0.3) is 0 Å². The average Bonchev–Trinajstić information content (AvgIpc) is 3.21. The van der Waals surface area contributed by atoms with Crippen molar-refractivity contribution >= 4 is 5.91 Å². The molecule has 1 aliphatic heterocycles. The van der Waals surface area contributed by atoms with Crippen LogP contribution in [0.1, 0.15) is 206 Å². The van der Waals surface area contributed by atoms with Crippen LogP contribution in [0, 0.1) is 0 Å². The van der Waals surface area contributed by atoms with Crippen LogP contribution in [0.3, 0.4) is 0 Å². The Labute approximate surface area is 349 Å². The Kier molecular flexibility index (Phi) is 36.2. The quantitative estimate of drug-likeness (QED) is 0.0266. The summed E-state index contributed by atoms with van der Waals surface area (Å²) in [5, 5.41) is 54.0. The Bertz CT molecular complexity index is 987. The van der Waals surface area contributed by atoms with Gasteiger partial charge < -0.3 is 40.3 Å². The number of carbonyl (C=O) groups excluding carboxylic acids is 1. The summed E-state index contributed by atoms with van der Waals surface area (Å²) in [6.45, 7) is 3.70. The summed E-state index contributed by atoms with van der Waals surface area (Å²) in [4.78, 5) is 12.9. The van der Waals surface area contributed by atoms with Crippen LogP contribution in [0.4, 0.5) is 0 Å².